The lowest BCUT2D eigenvalue weighted by Crippen LogP contribution is -2.45. The van der Waals surface area contributed by atoms with Crippen LogP contribution in [-0.4, -0.2) is 52.1 Å². The van der Waals surface area contributed by atoms with Crippen LogP contribution in [0.3, 0.4) is 0 Å². The van der Waals surface area contributed by atoms with Gasteiger partial charge in [-0.1, -0.05) is 42.5 Å². The van der Waals surface area contributed by atoms with Crippen LogP contribution in [0.25, 0.3) is 22.3 Å². The summed E-state index contributed by atoms with van der Waals surface area (Å²) in [5.41, 5.74) is 3.18. The number of likely N-dealkylation sites (N-methyl/N-ethyl adjacent to an activating group) is 1. The van der Waals surface area contributed by atoms with E-state index in [1.165, 1.54) is 12.0 Å². The highest BCUT2D eigenvalue weighted by atomic mass is 15.4. The smallest absolute Gasteiger partial charge is 0.162 e. The molecular formula is C27H28N6. The highest BCUT2D eigenvalue weighted by Crippen LogP contribution is 2.37. The van der Waals surface area contributed by atoms with Gasteiger partial charge in [0.1, 0.15) is 11.6 Å². The third kappa shape index (κ3) is 3.70. The Morgan fingerprint density at radius 2 is 1.76 bits per heavy atom. The van der Waals surface area contributed by atoms with Gasteiger partial charge in [-0.3, -0.25) is 4.90 Å². The molecule has 0 spiro atoms. The summed E-state index contributed by atoms with van der Waals surface area (Å²) >= 11 is 0. The van der Waals surface area contributed by atoms with Crippen LogP contribution in [0.5, 0.6) is 0 Å². The fourth-order valence-corrected chi connectivity index (χ4v) is 5.23. The summed E-state index contributed by atoms with van der Waals surface area (Å²) < 4.78 is 0. The number of para-hydroxylation sites is 1. The van der Waals surface area contributed by atoms with Crippen molar-refractivity contribution in [2.75, 3.05) is 30.4 Å². The third-order valence-corrected chi connectivity index (χ3v) is 7.05. The molecule has 2 aliphatic heterocycles. The maximum absolute atomic E-state index is 5.12. The zero-order valence-corrected chi connectivity index (χ0v) is 19.0. The third-order valence-electron chi connectivity index (χ3n) is 7.05. The molecule has 2 aromatic heterocycles. The van der Waals surface area contributed by atoms with Crippen LogP contribution in [0.1, 0.15) is 24.9 Å². The lowest BCUT2D eigenvalue weighted by Gasteiger charge is -2.33. The van der Waals surface area contributed by atoms with Gasteiger partial charge in [-0.15, -0.1) is 0 Å². The first-order valence-electron chi connectivity index (χ1n) is 11.7. The van der Waals surface area contributed by atoms with Crippen LogP contribution in [0.15, 0.2) is 72.9 Å². The number of rotatable bonds is 5. The summed E-state index contributed by atoms with van der Waals surface area (Å²) in [6.07, 6.45) is 3.05. The maximum Gasteiger partial charge on any atom is 0.162 e. The van der Waals surface area contributed by atoms with E-state index < -0.39 is 0 Å². The monoisotopic (exact) mass is 436 g/mol. The molecule has 2 aliphatic rings. The lowest BCUT2D eigenvalue weighted by molar-refractivity contribution is 0.292. The van der Waals surface area contributed by atoms with Crippen LogP contribution in [-0.2, 0) is 0 Å². The molecule has 6 heteroatoms. The van der Waals surface area contributed by atoms with Crippen LogP contribution >= 0.6 is 0 Å². The molecule has 4 aromatic rings. The van der Waals surface area contributed by atoms with Gasteiger partial charge >= 0.3 is 0 Å². The number of nitrogens with zero attached hydrogens (tertiary/aromatic N) is 5. The van der Waals surface area contributed by atoms with Crippen LogP contribution in [0.4, 0.5) is 11.6 Å². The molecule has 2 aromatic carbocycles. The minimum absolute atomic E-state index is 0.152. The molecule has 4 heterocycles. The van der Waals surface area contributed by atoms with Gasteiger partial charge in [-0.05, 0) is 50.2 Å². The number of piperazine rings is 1. The first-order chi connectivity index (χ1) is 16.2. The fraction of sp³-hybridized carbons (Fsp3) is 0.296. The SMILES string of the molecule is C[C@H](Nc1cc(-c2nc(N3CC4CC3CN4C)c3ccccc3n2)ccn1)c1ccccc1. The van der Waals surface area contributed by atoms with E-state index in [-0.39, 0.29) is 6.04 Å². The lowest BCUT2D eigenvalue weighted by atomic mass is 10.1. The van der Waals surface area contributed by atoms with Gasteiger partial charge in [0.25, 0.3) is 0 Å². The van der Waals surface area contributed by atoms with E-state index in [9.17, 15) is 0 Å². The number of hydrogen-bond acceptors (Lipinski definition) is 6. The Morgan fingerprint density at radius 1 is 0.939 bits per heavy atom. The second-order valence-electron chi connectivity index (χ2n) is 9.23. The van der Waals surface area contributed by atoms with Crippen LogP contribution in [0, 0.1) is 0 Å². The second-order valence-corrected chi connectivity index (χ2v) is 9.23. The molecule has 0 aliphatic carbocycles. The number of benzene rings is 2. The Labute approximate surface area is 194 Å². The van der Waals surface area contributed by atoms with Gasteiger partial charge in [-0.25, -0.2) is 15.0 Å². The number of fused-ring (bicyclic) bond motifs is 3. The Hall–Kier alpha value is -3.51. The molecule has 0 saturated carbocycles. The molecule has 0 amide bonds. The Bertz CT molecular complexity index is 1290. The van der Waals surface area contributed by atoms with E-state index in [1.54, 1.807) is 0 Å². The molecule has 2 saturated heterocycles. The summed E-state index contributed by atoms with van der Waals surface area (Å²) in [7, 11) is 2.23. The standard InChI is InChI=1S/C27H28N6/c1-18(19-8-4-3-5-9-19)29-25-14-20(12-13-28-25)26-30-24-11-7-6-10-23(24)27(31-26)33-17-21-15-22(33)16-32(21)2/h3-14,18,21-22H,15-17H2,1-2H3,(H,28,29)/t18-,21?,22?/m0/s1. The van der Waals surface area contributed by atoms with Crippen molar-refractivity contribution in [3.8, 4) is 11.4 Å². The van der Waals surface area contributed by atoms with Gasteiger partial charge in [0.15, 0.2) is 5.82 Å². The van der Waals surface area contributed by atoms with Gasteiger partial charge in [-0.2, -0.15) is 0 Å². The Morgan fingerprint density at radius 3 is 2.55 bits per heavy atom. The van der Waals surface area contributed by atoms with E-state index in [0.29, 0.717) is 12.1 Å². The molecule has 6 rings (SSSR count). The largest absolute Gasteiger partial charge is 0.364 e. The van der Waals surface area contributed by atoms with Gasteiger partial charge in [0, 0.05) is 48.4 Å². The van der Waals surface area contributed by atoms with Crippen molar-refractivity contribution in [3.63, 3.8) is 0 Å². The Balaban J connectivity index is 1.36. The van der Waals surface area contributed by atoms with Gasteiger partial charge in [0.2, 0.25) is 0 Å². The van der Waals surface area contributed by atoms with E-state index >= 15 is 0 Å². The van der Waals surface area contributed by atoms with E-state index in [0.717, 1.165) is 47.0 Å². The molecule has 1 N–H and O–H groups in total. The maximum atomic E-state index is 5.12. The fourth-order valence-electron chi connectivity index (χ4n) is 5.23. The van der Waals surface area contributed by atoms with Crippen molar-refractivity contribution in [2.24, 2.45) is 0 Å². The van der Waals surface area contributed by atoms with Gasteiger partial charge in [0.05, 0.1) is 5.52 Å². The summed E-state index contributed by atoms with van der Waals surface area (Å²) in [5, 5.41) is 4.65. The topological polar surface area (TPSA) is 57.2 Å². The molecule has 166 valence electrons. The Kier molecular flexibility index (Phi) is 4.95. The molecule has 2 bridgehead atoms. The normalized spacial score (nSPS) is 21.0. The first-order valence-corrected chi connectivity index (χ1v) is 11.7. The molecule has 3 atom stereocenters. The van der Waals surface area contributed by atoms with Crippen molar-refractivity contribution in [3.05, 3.63) is 78.5 Å². The second kappa shape index (κ2) is 8.12. The number of aromatic nitrogens is 3. The average Bonchev–Trinajstić information content (AvgIpc) is 3.44. The summed E-state index contributed by atoms with van der Waals surface area (Å²) in [5.74, 6) is 2.63. The minimum atomic E-state index is 0.152. The highest BCUT2D eigenvalue weighted by molar-refractivity contribution is 5.91. The number of likely N-dealkylation sites (tertiary alicyclic amines) is 1. The summed E-state index contributed by atoms with van der Waals surface area (Å²) in [4.78, 5) is 19.6. The highest BCUT2D eigenvalue weighted by Gasteiger charge is 2.42. The zero-order chi connectivity index (χ0) is 22.4. The average molecular weight is 437 g/mol. The van der Waals surface area contributed by atoms with E-state index in [2.05, 4.69) is 82.6 Å². The summed E-state index contributed by atoms with van der Waals surface area (Å²) in [6.45, 7) is 4.27. The van der Waals surface area contributed by atoms with Crippen LogP contribution < -0.4 is 10.2 Å². The van der Waals surface area contributed by atoms with Crippen molar-refractivity contribution in [2.45, 2.75) is 31.5 Å². The molecule has 2 fully saturated rings. The molecular weight excluding hydrogens is 408 g/mol. The predicted octanol–water partition coefficient (Wildman–Crippen LogP) is 4.76. The minimum Gasteiger partial charge on any atom is -0.364 e. The van der Waals surface area contributed by atoms with Crippen molar-refractivity contribution >= 4 is 22.5 Å². The molecule has 2 unspecified atom stereocenters. The van der Waals surface area contributed by atoms with Crippen molar-refractivity contribution < 1.29 is 0 Å². The number of pyridine rings is 1. The molecule has 33 heavy (non-hydrogen) atoms. The number of anilines is 2. The molecule has 6 nitrogen and oxygen atoms in total. The molecule has 0 radical (unpaired) electrons. The predicted molar refractivity (Wildman–Crippen MR) is 133 cm³/mol. The number of hydrogen-bond donors (Lipinski definition) is 1. The van der Waals surface area contributed by atoms with Crippen molar-refractivity contribution in [1.29, 1.82) is 0 Å². The van der Waals surface area contributed by atoms with Crippen molar-refractivity contribution in [1.82, 2.24) is 19.9 Å². The van der Waals surface area contributed by atoms with E-state index in [4.69, 9.17) is 9.97 Å². The van der Waals surface area contributed by atoms with E-state index in [1.807, 2.05) is 24.4 Å². The number of nitrogens with one attached hydrogen (secondary N) is 1. The zero-order valence-electron chi connectivity index (χ0n) is 19.0. The first kappa shape index (κ1) is 20.1. The quantitative estimate of drug-likeness (QED) is 0.487. The summed E-state index contributed by atoms with van der Waals surface area (Å²) in [6, 6.07) is 24.1. The van der Waals surface area contributed by atoms with Gasteiger partial charge < -0.3 is 10.2 Å². The van der Waals surface area contributed by atoms with Crippen LogP contribution in [0.2, 0.25) is 0 Å².